The average molecular weight is 269 g/mol. The van der Waals surface area contributed by atoms with Gasteiger partial charge in [-0.2, -0.15) is 0 Å². The zero-order valence-corrected chi connectivity index (χ0v) is 10.6. The Morgan fingerprint density at radius 1 is 1.28 bits per heavy atom. The lowest BCUT2D eigenvalue weighted by atomic mass is 9.82. The third kappa shape index (κ3) is 1.89. The summed E-state index contributed by atoms with van der Waals surface area (Å²) in [5.41, 5.74) is 6.66. The van der Waals surface area contributed by atoms with Gasteiger partial charge in [0.1, 0.15) is 11.3 Å². The van der Waals surface area contributed by atoms with Gasteiger partial charge in [-0.25, -0.2) is 9.37 Å². The molecule has 3 rings (SSSR count). The zero-order chi connectivity index (χ0) is 12.8. The van der Waals surface area contributed by atoms with E-state index in [1.165, 1.54) is 18.6 Å². The first-order valence-corrected chi connectivity index (χ1v) is 6.51. The molecule has 3 nitrogen and oxygen atoms in total. The highest BCUT2D eigenvalue weighted by Gasteiger charge is 2.34. The van der Waals surface area contributed by atoms with Crippen LogP contribution in [0.1, 0.15) is 38.0 Å². The predicted octanol–water partition coefficient (Wildman–Crippen LogP) is 3.74. The molecule has 0 spiro atoms. The van der Waals surface area contributed by atoms with Crippen LogP contribution in [0.3, 0.4) is 0 Å². The van der Waals surface area contributed by atoms with Gasteiger partial charge in [-0.05, 0) is 18.9 Å². The van der Waals surface area contributed by atoms with E-state index in [1.54, 1.807) is 0 Å². The average Bonchev–Trinajstić information content (AvgIpc) is 2.74. The minimum Gasteiger partial charge on any atom is -0.437 e. The van der Waals surface area contributed by atoms with Gasteiger partial charge in [-0.15, -0.1) is 0 Å². The Hall–Kier alpha value is -1.13. The van der Waals surface area contributed by atoms with Crippen LogP contribution in [0.5, 0.6) is 0 Å². The SMILES string of the molecule is NC1(c2nc3cc(F)cc(Cl)c3o2)CCCCC1. The molecular formula is C13H14ClFN2O. The van der Waals surface area contributed by atoms with Crippen LogP contribution < -0.4 is 5.73 Å². The van der Waals surface area contributed by atoms with Gasteiger partial charge in [-0.3, -0.25) is 0 Å². The maximum absolute atomic E-state index is 13.2. The fourth-order valence-electron chi connectivity index (χ4n) is 2.57. The maximum Gasteiger partial charge on any atom is 0.215 e. The number of aromatic nitrogens is 1. The summed E-state index contributed by atoms with van der Waals surface area (Å²) >= 11 is 5.95. The summed E-state index contributed by atoms with van der Waals surface area (Å²) < 4.78 is 18.9. The molecular weight excluding hydrogens is 255 g/mol. The fourth-order valence-corrected chi connectivity index (χ4v) is 2.81. The van der Waals surface area contributed by atoms with Gasteiger partial charge in [0.05, 0.1) is 10.6 Å². The molecule has 2 aromatic rings. The number of nitrogens with two attached hydrogens (primary N) is 1. The number of hydrogen-bond donors (Lipinski definition) is 1. The Labute approximate surface area is 109 Å². The molecule has 1 aromatic carbocycles. The van der Waals surface area contributed by atoms with Crippen LogP contribution in [0, 0.1) is 5.82 Å². The van der Waals surface area contributed by atoms with Crippen molar-refractivity contribution in [3.8, 4) is 0 Å². The highest BCUT2D eigenvalue weighted by atomic mass is 35.5. The lowest BCUT2D eigenvalue weighted by Gasteiger charge is -2.29. The van der Waals surface area contributed by atoms with Crippen molar-refractivity contribution in [3.05, 3.63) is 28.9 Å². The van der Waals surface area contributed by atoms with E-state index in [0.29, 0.717) is 17.0 Å². The Morgan fingerprint density at radius 3 is 2.72 bits per heavy atom. The molecule has 0 radical (unpaired) electrons. The Balaban J connectivity index is 2.10. The minimum atomic E-state index is -0.531. The molecule has 1 aliphatic rings. The number of halogens is 2. The molecule has 1 fully saturated rings. The second-order valence-electron chi connectivity index (χ2n) is 4.97. The van der Waals surface area contributed by atoms with Crippen molar-refractivity contribution in [2.24, 2.45) is 5.73 Å². The standard InChI is InChI=1S/C13H14ClFN2O/c14-9-6-8(15)7-10-11(9)18-12(17-10)13(16)4-2-1-3-5-13/h6-7H,1-5,16H2. The summed E-state index contributed by atoms with van der Waals surface area (Å²) in [6, 6.07) is 2.54. The van der Waals surface area contributed by atoms with E-state index >= 15 is 0 Å². The summed E-state index contributed by atoms with van der Waals surface area (Å²) in [6.07, 6.45) is 5.02. The van der Waals surface area contributed by atoms with E-state index in [2.05, 4.69) is 4.98 Å². The van der Waals surface area contributed by atoms with Crippen LogP contribution in [0.15, 0.2) is 16.5 Å². The van der Waals surface area contributed by atoms with E-state index < -0.39 is 11.4 Å². The van der Waals surface area contributed by atoms with E-state index in [0.717, 1.165) is 25.7 Å². The molecule has 5 heteroatoms. The van der Waals surface area contributed by atoms with E-state index in [9.17, 15) is 4.39 Å². The first-order chi connectivity index (χ1) is 8.58. The minimum absolute atomic E-state index is 0.239. The monoisotopic (exact) mass is 268 g/mol. The summed E-state index contributed by atoms with van der Waals surface area (Å²) in [6.45, 7) is 0. The van der Waals surface area contributed by atoms with Gasteiger partial charge in [-0.1, -0.05) is 30.9 Å². The number of benzene rings is 1. The molecule has 0 atom stereocenters. The Bertz CT molecular complexity index is 590. The largest absolute Gasteiger partial charge is 0.437 e. The molecule has 1 saturated carbocycles. The van der Waals surface area contributed by atoms with Crippen molar-refractivity contribution in [1.82, 2.24) is 4.98 Å². The van der Waals surface area contributed by atoms with Crippen LogP contribution in [-0.4, -0.2) is 4.98 Å². The summed E-state index contributed by atoms with van der Waals surface area (Å²) in [5, 5.41) is 0.239. The topological polar surface area (TPSA) is 52.0 Å². The van der Waals surface area contributed by atoms with Crippen molar-refractivity contribution < 1.29 is 8.81 Å². The normalized spacial score (nSPS) is 19.3. The molecule has 1 aromatic heterocycles. The number of hydrogen-bond acceptors (Lipinski definition) is 3. The third-order valence-electron chi connectivity index (χ3n) is 3.58. The molecule has 0 saturated heterocycles. The van der Waals surface area contributed by atoms with Gasteiger partial charge in [0.2, 0.25) is 5.89 Å². The van der Waals surface area contributed by atoms with Gasteiger partial charge < -0.3 is 10.2 Å². The summed E-state index contributed by atoms with van der Waals surface area (Å²) in [4.78, 5) is 4.31. The molecule has 1 aliphatic carbocycles. The van der Waals surface area contributed by atoms with Gasteiger partial charge in [0, 0.05) is 6.07 Å². The van der Waals surface area contributed by atoms with Crippen molar-refractivity contribution in [3.63, 3.8) is 0 Å². The van der Waals surface area contributed by atoms with Gasteiger partial charge in [0.15, 0.2) is 5.58 Å². The number of fused-ring (bicyclic) bond motifs is 1. The lowest BCUT2D eigenvalue weighted by Crippen LogP contribution is -2.38. The predicted molar refractivity (Wildman–Crippen MR) is 67.9 cm³/mol. The third-order valence-corrected chi connectivity index (χ3v) is 3.86. The molecule has 0 bridgehead atoms. The van der Waals surface area contributed by atoms with Crippen molar-refractivity contribution in [1.29, 1.82) is 0 Å². The van der Waals surface area contributed by atoms with Crippen molar-refractivity contribution in [2.75, 3.05) is 0 Å². The van der Waals surface area contributed by atoms with Crippen molar-refractivity contribution in [2.45, 2.75) is 37.6 Å². The first-order valence-electron chi connectivity index (χ1n) is 6.13. The fraction of sp³-hybridized carbons (Fsp3) is 0.462. The number of oxazole rings is 1. The number of nitrogens with zero attached hydrogens (tertiary/aromatic N) is 1. The molecule has 18 heavy (non-hydrogen) atoms. The zero-order valence-electron chi connectivity index (χ0n) is 9.88. The van der Waals surface area contributed by atoms with E-state index in [4.69, 9.17) is 21.8 Å². The maximum atomic E-state index is 13.2. The Kier molecular flexibility index (Phi) is 2.79. The van der Waals surface area contributed by atoms with Gasteiger partial charge in [0.25, 0.3) is 0 Å². The van der Waals surface area contributed by atoms with Gasteiger partial charge >= 0.3 is 0 Å². The molecule has 0 amide bonds. The molecule has 1 heterocycles. The van der Waals surface area contributed by atoms with Crippen LogP contribution in [0.4, 0.5) is 4.39 Å². The highest BCUT2D eigenvalue weighted by Crippen LogP contribution is 2.37. The Morgan fingerprint density at radius 2 is 2.00 bits per heavy atom. The van der Waals surface area contributed by atoms with Crippen molar-refractivity contribution >= 4 is 22.7 Å². The lowest BCUT2D eigenvalue weighted by molar-refractivity contribution is 0.248. The van der Waals surface area contributed by atoms with E-state index in [1.807, 2.05) is 0 Å². The van der Waals surface area contributed by atoms with Crippen LogP contribution in [0.2, 0.25) is 5.02 Å². The van der Waals surface area contributed by atoms with E-state index in [-0.39, 0.29) is 5.02 Å². The second kappa shape index (κ2) is 4.21. The number of rotatable bonds is 1. The highest BCUT2D eigenvalue weighted by molar-refractivity contribution is 6.34. The summed E-state index contributed by atoms with van der Waals surface area (Å²) in [7, 11) is 0. The van der Waals surface area contributed by atoms with Crippen LogP contribution >= 0.6 is 11.6 Å². The molecule has 2 N–H and O–H groups in total. The molecule has 0 aliphatic heterocycles. The van der Waals surface area contributed by atoms with Crippen LogP contribution in [-0.2, 0) is 5.54 Å². The van der Waals surface area contributed by atoms with Crippen LogP contribution in [0.25, 0.3) is 11.1 Å². The molecule has 0 unspecified atom stereocenters. The first kappa shape index (κ1) is 11.9. The second-order valence-corrected chi connectivity index (χ2v) is 5.38. The quantitative estimate of drug-likeness (QED) is 0.857. The summed E-state index contributed by atoms with van der Waals surface area (Å²) in [5.74, 6) is 0.0618. The smallest absolute Gasteiger partial charge is 0.215 e. The molecule has 96 valence electrons.